The molecule has 1 N–H and O–H groups in total. The highest BCUT2D eigenvalue weighted by molar-refractivity contribution is 6.04. The topological polar surface area (TPSA) is 77.0 Å². The summed E-state index contributed by atoms with van der Waals surface area (Å²) in [5.74, 6) is 0.0517. The fraction of sp³-hybridized carbons (Fsp3) is 0.0385. The van der Waals surface area contributed by atoms with E-state index >= 15 is 0 Å². The normalized spacial score (nSPS) is 10.8. The number of fused-ring (bicyclic) bond motifs is 1. The number of benzene rings is 4. The van der Waals surface area contributed by atoms with Crippen molar-refractivity contribution in [2.75, 3.05) is 6.61 Å². The van der Waals surface area contributed by atoms with E-state index in [-0.39, 0.29) is 6.61 Å². The zero-order chi connectivity index (χ0) is 22.2. The third kappa shape index (κ3) is 5.17. The summed E-state index contributed by atoms with van der Waals surface area (Å²) in [4.78, 5) is 24.6. The second kappa shape index (κ2) is 10.0. The minimum Gasteiger partial charge on any atom is -0.484 e. The summed E-state index contributed by atoms with van der Waals surface area (Å²) in [5, 5.41) is 5.84. The van der Waals surface area contributed by atoms with Gasteiger partial charge in [-0.15, -0.1) is 0 Å². The molecule has 0 saturated carbocycles. The molecule has 4 aromatic carbocycles. The summed E-state index contributed by atoms with van der Waals surface area (Å²) in [6.45, 7) is -0.174. The SMILES string of the molecule is O=C(COc1ccccc1)N/N=C/c1c(OC(=O)c2ccccc2)ccc2ccccc12. The van der Waals surface area contributed by atoms with Crippen LogP contribution < -0.4 is 14.9 Å². The van der Waals surface area contributed by atoms with Crippen LogP contribution in [0.4, 0.5) is 0 Å². The summed E-state index contributed by atoms with van der Waals surface area (Å²) in [7, 11) is 0. The lowest BCUT2D eigenvalue weighted by Gasteiger charge is -2.10. The molecule has 6 heteroatoms. The molecule has 158 valence electrons. The van der Waals surface area contributed by atoms with Crippen LogP contribution in [0.5, 0.6) is 11.5 Å². The molecule has 0 aliphatic carbocycles. The Morgan fingerprint density at radius 3 is 2.28 bits per heavy atom. The number of carbonyl (C=O) groups excluding carboxylic acids is 2. The van der Waals surface area contributed by atoms with Gasteiger partial charge >= 0.3 is 5.97 Å². The number of hydrogen-bond acceptors (Lipinski definition) is 5. The van der Waals surface area contributed by atoms with Gasteiger partial charge in [-0.05, 0) is 41.1 Å². The Morgan fingerprint density at radius 2 is 1.50 bits per heavy atom. The van der Waals surface area contributed by atoms with Gasteiger partial charge in [0, 0.05) is 5.56 Å². The van der Waals surface area contributed by atoms with Gasteiger partial charge in [0.1, 0.15) is 11.5 Å². The number of hydrazone groups is 1. The number of carbonyl (C=O) groups is 2. The molecule has 0 unspecified atom stereocenters. The van der Waals surface area contributed by atoms with Crippen molar-refractivity contribution < 1.29 is 19.1 Å². The minimum atomic E-state index is -0.476. The van der Waals surface area contributed by atoms with Crippen molar-refractivity contribution in [3.8, 4) is 11.5 Å². The van der Waals surface area contributed by atoms with Crippen molar-refractivity contribution in [2.45, 2.75) is 0 Å². The average molecular weight is 424 g/mol. The zero-order valence-corrected chi connectivity index (χ0v) is 17.1. The number of hydrogen-bond donors (Lipinski definition) is 1. The van der Waals surface area contributed by atoms with Crippen molar-refractivity contribution in [3.63, 3.8) is 0 Å². The summed E-state index contributed by atoms with van der Waals surface area (Å²) in [6.07, 6.45) is 1.47. The molecule has 0 aliphatic heterocycles. The largest absolute Gasteiger partial charge is 0.484 e. The van der Waals surface area contributed by atoms with Gasteiger partial charge in [0.15, 0.2) is 6.61 Å². The molecule has 0 bridgehead atoms. The second-order valence-corrected chi connectivity index (χ2v) is 6.85. The Bertz CT molecular complexity index is 1250. The smallest absolute Gasteiger partial charge is 0.343 e. The van der Waals surface area contributed by atoms with E-state index in [1.54, 1.807) is 42.5 Å². The lowest BCUT2D eigenvalue weighted by atomic mass is 10.0. The third-order valence-electron chi connectivity index (χ3n) is 4.64. The number of ether oxygens (including phenoxy) is 2. The van der Waals surface area contributed by atoms with Crippen LogP contribution in [-0.4, -0.2) is 24.7 Å². The van der Waals surface area contributed by atoms with Crippen LogP contribution in [0.25, 0.3) is 10.8 Å². The number of nitrogens with zero attached hydrogens (tertiary/aromatic N) is 1. The molecular weight excluding hydrogens is 404 g/mol. The standard InChI is InChI=1S/C26H20N2O4/c29-25(18-31-21-12-5-2-6-13-21)28-27-17-23-22-14-8-7-9-19(22)15-16-24(23)32-26(30)20-10-3-1-4-11-20/h1-17H,18H2,(H,28,29)/b27-17+. The van der Waals surface area contributed by atoms with Gasteiger partial charge in [-0.2, -0.15) is 5.10 Å². The van der Waals surface area contributed by atoms with Gasteiger partial charge in [0.25, 0.3) is 5.91 Å². The van der Waals surface area contributed by atoms with Crippen molar-refractivity contribution >= 4 is 28.9 Å². The molecule has 0 saturated heterocycles. The minimum absolute atomic E-state index is 0.174. The molecule has 0 atom stereocenters. The molecule has 32 heavy (non-hydrogen) atoms. The molecular formula is C26H20N2O4. The summed E-state index contributed by atoms with van der Waals surface area (Å²) in [6, 6.07) is 29.0. The van der Waals surface area contributed by atoms with Gasteiger partial charge < -0.3 is 9.47 Å². The van der Waals surface area contributed by atoms with E-state index in [2.05, 4.69) is 10.5 Å². The van der Waals surface area contributed by atoms with Crippen LogP contribution in [0.3, 0.4) is 0 Å². The maximum absolute atomic E-state index is 12.6. The van der Waals surface area contributed by atoms with Crippen LogP contribution in [-0.2, 0) is 4.79 Å². The lowest BCUT2D eigenvalue weighted by Crippen LogP contribution is -2.24. The van der Waals surface area contributed by atoms with Crippen molar-refractivity contribution in [1.29, 1.82) is 0 Å². The van der Waals surface area contributed by atoms with E-state index in [4.69, 9.17) is 9.47 Å². The molecule has 0 fully saturated rings. The average Bonchev–Trinajstić information content (AvgIpc) is 2.85. The summed E-state index contributed by atoms with van der Waals surface area (Å²) < 4.78 is 11.0. The molecule has 0 aliphatic rings. The third-order valence-corrected chi connectivity index (χ3v) is 4.64. The Hall–Kier alpha value is -4.45. The molecule has 0 aromatic heterocycles. The number of amides is 1. The van der Waals surface area contributed by atoms with E-state index in [1.807, 2.05) is 54.6 Å². The van der Waals surface area contributed by atoms with E-state index < -0.39 is 11.9 Å². The molecule has 0 spiro atoms. The molecule has 4 aromatic rings. The van der Waals surface area contributed by atoms with Crippen LogP contribution in [0, 0.1) is 0 Å². The van der Waals surface area contributed by atoms with E-state index in [0.29, 0.717) is 22.6 Å². The van der Waals surface area contributed by atoms with Gasteiger partial charge in [0.05, 0.1) is 11.8 Å². The van der Waals surface area contributed by atoms with Crippen molar-refractivity contribution in [1.82, 2.24) is 5.43 Å². The second-order valence-electron chi connectivity index (χ2n) is 6.85. The predicted molar refractivity (Wildman–Crippen MR) is 123 cm³/mol. The maximum Gasteiger partial charge on any atom is 0.343 e. The van der Waals surface area contributed by atoms with Gasteiger partial charge in [-0.3, -0.25) is 4.79 Å². The number of para-hydroxylation sites is 1. The number of rotatable bonds is 7. The Labute approximate surface area is 185 Å². The quantitative estimate of drug-likeness (QED) is 0.204. The highest BCUT2D eigenvalue weighted by Gasteiger charge is 2.13. The summed E-state index contributed by atoms with van der Waals surface area (Å²) in [5.41, 5.74) is 3.46. The first-order valence-corrected chi connectivity index (χ1v) is 9.99. The molecule has 6 nitrogen and oxygen atoms in total. The Morgan fingerprint density at radius 1 is 0.812 bits per heavy atom. The Kier molecular flexibility index (Phi) is 6.53. The van der Waals surface area contributed by atoms with Crippen LogP contribution >= 0.6 is 0 Å². The molecule has 0 radical (unpaired) electrons. The van der Waals surface area contributed by atoms with Crippen molar-refractivity contribution in [2.24, 2.45) is 5.10 Å². The van der Waals surface area contributed by atoms with Gasteiger partial charge in [0.2, 0.25) is 0 Å². The van der Waals surface area contributed by atoms with E-state index in [9.17, 15) is 9.59 Å². The first kappa shape index (κ1) is 20.8. The van der Waals surface area contributed by atoms with Gasteiger partial charge in [-0.25, -0.2) is 10.2 Å². The molecule has 4 rings (SSSR count). The Balaban J connectivity index is 1.51. The summed E-state index contributed by atoms with van der Waals surface area (Å²) >= 11 is 0. The lowest BCUT2D eigenvalue weighted by molar-refractivity contribution is -0.123. The van der Waals surface area contributed by atoms with E-state index in [0.717, 1.165) is 10.8 Å². The fourth-order valence-electron chi connectivity index (χ4n) is 3.10. The number of nitrogens with one attached hydrogen (secondary N) is 1. The monoisotopic (exact) mass is 424 g/mol. The van der Waals surface area contributed by atoms with Crippen LogP contribution in [0.15, 0.2) is 102 Å². The molecule has 0 heterocycles. The van der Waals surface area contributed by atoms with Crippen LogP contribution in [0.2, 0.25) is 0 Å². The predicted octanol–water partition coefficient (Wildman–Crippen LogP) is 4.59. The van der Waals surface area contributed by atoms with Gasteiger partial charge in [-0.1, -0.05) is 66.7 Å². The first-order chi connectivity index (χ1) is 15.7. The van der Waals surface area contributed by atoms with Crippen molar-refractivity contribution in [3.05, 3.63) is 108 Å². The highest BCUT2D eigenvalue weighted by Crippen LogP contribution is 2.27. The van der Waals surface area contributed by atoms with E-state index in [1.165, 1.54) is 6.21 Å². The zero-order valence-electron chi connectivity index (χ0n) is 17.1. The first-order valence-electron chi connectivity index (χ1n) is 9.99. The highest BCUT2D eigenvalue weighted by atomic mass is 16.5. The molecule has 1 amide bonds. The maximum atomic E-state index is 12.6. The van der Waals surface area contributed by atoms with Crippen LogP contribution in [0.1, 0.15) is 15.9 Å². The fourth-order valence-corrected chi connectivity index (χ4v) is 3.10. The number of esters is 1.